The highest BCUT2D eigenvalue weighted by molar-refractivity contribution is 5.23. The molecule has 0 saturated carbocycles. The summed E-state index contributed by atoms with van der Waals surface area (Å²) in [4.78, 5) is 0. The van der Waals surface area contributed by atoms with Gasteiger partial charge in [-0.25, -0.2) is 22.0 Å². The average Bonchev–Trinajstić information content (AvgIpc) is 2.19. The summed E-state index contributed by atoms with van der Waals surface area (Å²) in [7, 11) is 1.33. The number of halogens is 5. The van der Waals surface area contributed by atoms with Gasteiger partial charge in [-0.3, -0.25) is 0 Å². The highest BCUT2D eigenvalue weighted by atomic mass is 19.2. The zero-order chi connectivity index (χ0) is 10.9. The van der Waals surface area contributed by atoms with E-state index < -0.39 is 41.2 Å². The fraction of sp³-hybridized carbons (Fsp3) is 0.250. The third-order valence-electron chi connectivity index (χ3n) is 1.65. The molecule has 1 aromatic rings. The van der Waals surface area contributed by atoms with Gasteiger partial charge in [0.05, 0.1) is 0 Å². The molecule has 1 N–H and O–H groups in total. The Morgan fingerprint density at radius 3 is 1.50 bits per heavy atom. The molecule has 0 radical (unpaired) electrons. The van der Waals surface area contributed by atoms with Crippen molar-refractivity contribution in [3.8, 4) is 0 Å². The van der Waals surface area contributed by atoms with Crippen molar-refractivity contribution < 1.29 is 22.0 Å². The number of hydrogen-bond donors (Lipinski definition) is 1. The number of nitrogens with one attached hydrogen (secondary N) is 1. The normalized spacial score (nSPS) is 10.7. The fourth-order valence-corrected chi connectivity index (χ4v) is 0.982. The molecule has 1 rings (SSSR count). The van der Waals surface area contributed by atoms with Crippen molar-refractivity contribution in [2.45, 2.75) is 6.54 Å². The van der Waals surface area contributed by atoms with Gasteiger partial charge in [-0.15, -0.1) is 0 Å². The molecular weight excluding hydrogens is 205 g/mol. The van der Waals surface area contributed by atoms with E-state index in [1.165, 1.54) is 7.05 Å². The Labute approximate surface area is 76.5 Å². The topological polar surface area (TPSA) is 12.0 Å². The largest absolute Gasteiger partial charge is 0.315 e. The molecule has 0 aromatic heterocycles. The molecule has 78 valence electrons. The van der Waals surface area contributed by atoms with Crippen LogP contribution in [0, 0.1) is 29.1 Å². The monoisotopic (exact) mass is 211 g/mol. The lowest BCUT2D eigenvalue weighted by molar-refractivity contribution is 0.368. The summed E-state index contributed by atoms with van der Waals surface area (Å²) in [5.41, 5.74) is -0.858. The minimum Gasteiger partial charge on any atom is -0.315 e. The lowest BCUT2D eigenvalue weighted by Crippen LogP contribution is -2.13. The zero-order valence-electron chi connectivity index (χ0n) is 7.10. The summed E-state index contributed by atoms with van der Waals surface area (Å²) in [5, 5.41) is 2.30. The van der Waals surface area contributed by atoms with Crippen molar-refractivity contribution in [3.05, 3.63) is 34.6 Å². The molecule has 0 spiro atoms. The predicted octanol–water partition coefficient (Wildman–Crippen LogP) is 2.10. The predicted molar refractivity (Wildman–Crippen MR) is 39.0 cm³/mol. The molecular formula is C8H6F5N. The van der Waals surface area contributed by atoms with Crippen LogP contribution in [-0.4, -0.2) is 7.05 Å². The average molecular weight is 211 g/mol. The molecule has 0 saturated heterocycles. The van der Waals surface area contributed by atoms with Gasteiger partial charge in [0.2, 0.25) is 5.82 Å². The molecule has 0 aliphatic carbocycles. The van der Waals surface area contributed by atoms with Crippen LogP contribution in [0.5, 0.6) is 0 Å². The fourth-order valence-electron chi connectivity index (χ4n) is 0.982. The minimum absolute atomic E-state index is 0.425. The van der Waals surface area contributed by atoms with Gasteiger partial charge in [0.15, 0.2) is 23.3 Å². The first-order valence-corrected chi connectivity index (χ1v) is 3.65. The SMILES string of the molecule is CNCc1c(F)c(F)c(F)c(F)c1F. The highest BCUT2D eigenvalue weighted by Crippen LogP contribution is 2.22. The van der Waals surface area contributed by atoms with Crippen molar-refractivity contribution >= 4 is 0 Å². The summed E-state index contributed by atoms with van der Waals surface area (Å²) in [6.07, 6.45) is 0. The van der Waals surface area contributed by atoms with E-state index in [0.717, 1.165) is 0 Å². The van der Waals surface area contributed by atoms with Gasteiger partial charge in [-0.2, -0.15) is 0 Å². The van der Waals surface area contributed by atoms with E-state index >= 15 is 0 Å². The van der Waals surface area contributed by atoms with Crippen molar-refractivity contribution in [1.82, 2.24) is 5.32 Å². The number of rotatable bonds is 2. The summed E-state index contributed by atoms with van der Waals surface area (Å²) >= 11 is 0. The van der Waals surface area contributed by atoms with Gasteiger partial charge in [0, 0.05) is 12.1 Å². The summed E-state index contributed by atoms with van der Waals surface area (Å²) in [6, 6.07) is 0. The van der Waals surface area contributed by atoms with Gasteiger partial charge in [-0.05, 0) is 7.05 Å². The Morgan fingerprint density at radius 1 is 0.786 bits per heavy atom. The minimum atomic E-state index is -2.14. The molecule has 0 bridgehead atoms. The van der Waals surface area contributed by atoms with Crippen LogP contribution in [0.3, 0.4) is 0 Å². The number of hydrogen-bond acceptors (Lipinski definition) is 1. The molecule has 6 heteroatoms. The Morgan fingerprint density at radius 2 is 1.14 bits per heavy atom. The molecule has 0 unspecified atom stereocenters. The Bertz CT molecular complexity index is 334. The van der Waals surface area contributed by atoms with Gasteiger partial charge >= 0.3 is 0 Å². The lowest BCUT2D eigenvalue weighted by Gasteiger charge is -2.06. The lowest BCUT2D eigenvalue weighted by atomic mass is 10.1. The van der Waals surface area contributed by atoms with Gasteiger partial charge in [0.25, 0.3) is 0 Å². The molecule has 0 amide bonds. The Kier molecular flexibility index (Phi) is 3.05. The van der Waals surface area contributed by atoms with Crippen LogP contribution in [0.2, 0.25) is 0 Å². The molecule has 1 aromatic carbocycles. The molecule has 1 nitrogen and oxygen atoms in total. The van der Waals surface area contributed by atoms with Crippen molar-refractivity contribution in [1.29, 1.82) is 0 Å². The third-order valence-corrected chi connectivity index (χ3v) is 1.65. The second-order valence-corrected chi connectivity index (χ2v) is 2.58. The van der Waals surface area contributed by atoms with Crippen molar-refractivity contribution in [3.63, 3.8) is 0 Å². The van der Waals surface area contributed by atoms with Gasteiger partial charge in [0.1, 0.15) is 0 Å². The maximum Gasteiger partial charge on any atom is 0.200 e. The Balaban J connectivity index is 3.43. The van der Waals surface area contributed by atoms with E-state index in [2.05, 4.69) is 5.32 Å². The number of benzene rings is 1. The smallest absolute Gasteiger partial charge is 0.200 e. The van der Waals surface area contributed by atoms with E-state index in [1.807, 2.05) is 0 Å². The van der Waals surface area contributed by atoms with E-state index in [1.54, 1.807) is 0 Å². The molecule has 0 heterocycles. The van der Waals surface area contributed by atoms with Crippen LogP contribution in [0.15, 0.2) is 0 Å². The summed E-state index contributed by atoms with van der Waals surface area (Å²) in [6.45, 7) is -0.425. The first kappa shape index (κ1) is 10.9. The van der Waals surface area contributed by atoms with E-state index in [0.29, 0.717) is 0 Å². The van der Waals surface area contributed by atoms with Crippen molar-refractivity contribution in [2.24, 2.45) is 0 Å². The molecule has 0 aliphatic rings. The van der Waals surface area contributed by atoms with Crippen LogP contribution in [0.4, 0.5) is 22.0 Å². The second kappa shape index (κ2) is 3.91. The summed E-state index contributed by atoms with van der Waals surface area (Å²) in [5.74, 6) is -9.57. The van der Waals surface area contributed by atoms with Crippen LogP contribution in [0.1, 0.15) is 5.56 Å². The highest BCUT2D eigenvalue weighted by Gasteiger charge is 2.24. The van der Waals surface area contributed by atoms with Gasteiger partial charge < -0.3 is 5.32 Å². The van der Waals surface area contributed by atoms with E-state index in [-0.39, 0.29) is 0 Å². The quantitative estimate of drug-likeness (QED) is 0.448. The second-order valence-electron chi connectivity index (χ2n) is 2.58. The van der Waals surface area contributed by atoms with Crippen molar-refractivity contribution in [2.75, 3.05) is 7.05 Å². The molecule has 0 atom stereocenters. The first-order valence-electron chi connectivity index (χ1n) is 3.65. The van der Waals surface area contributed by atoms with Crippen LogP contribution in [-0.2, 0) is 6.54 Å². The molecule has 0 fully saturated rings. The van der Waals surface area contributed by atoms with Crippen LogP contribution >= 0.6 is 0 Å². The van der Waals surface area contributed by atoms with E-state index in [4.69, 9.17) is 0 Å². The Hall–Kier alpha value is -1.17. The standard InChI is InChI=1S/C8H6F5N/c1-14-2-3-4(9)6(11)8(13)7(12)5(3)10/h14H,2H2,1H3. The van der Waals surface area contributed by atoms with E-state index in [9.17, 15) is 22.0 Å². The maximum absolute atomic E-state index is 12.8. The first-order chi connectivity index (χ1) is 6.50. The maximum atomic E-state index is 12.8. The summed E-state index contributed by atoms with van der Waals surface area (Å²) < 4.78 is 63.2. The van der Waals surface area contributed by atoms with Crippen LogP contribution < -0.4 is 5.32 Å². The molecule has 0 aliphatic heterocycles. The zero-order valence-corrected chi connectivity index (χ0v) is 7.10. The third kappa shape index (κ3) is 1.57. The van der Waals surface area contributed by atoms with Gasteiger partial charge in [-0.1, -0.05) is 0 Å². The van der Waals surface area contributed by atoms with Crippen LogP contribution in [0.25, 0.3) is 0 Å². The molecule has 14 heavy (non-hydrogen) atoms.